The predicted molar refractivity (Wildman–Crippen MR) is 50.0 cm³/mol. The number of alkyl halides is 1. The number of hydrogen-bond acceptors (Lipinski definition) is 1. The lowest BCUT2D eigenvalue weighted by Gasteiger charge is -2.02. The Morgan fingerprint density at radius 2 is 2.00 bits per heavy atom. The molecule has 1 atom stereocenters. The van der Waals surface area contributed by atoms with E-state index < -0.39 is 0 Å². The minimum absolute atomic E-state index is 0.0427. The van der Waals surface area contributed by atoms with Gasteiger partial charge in [0.2, 0.25) is 0 Å². The van der Waals surface area contributed by atoms with Gasteiger partial charge in [0, 0.05) is 0 Å². The lowest BCUT2D eigenvalue weighted by atomic mass is 10.1. The van der Waals surface area contributed by atoms with E-state index in [1.165, 1.54) is 0 Å². The molecule has 1 rings (SSSR count). The fourth-order valence-electron chi connectivity index (χ4n) is 0.992. The van der Waals surface area contributed by atoms with Crippen LogP contribution in [0.25, 0.3) is 0 Å². The normalized spacial score (nSPS) is 12.1. The number of nitrogens with zero attached hydrogens (tertiary/aromatic N) is 1. The van der Waals surface area contributed by atoms with Crippen molar-refractivity contribution in [3.63, 3.8) is 0 Å². The molecule has 1 unspecified atom stereocenters. The molecule has 1 aromatic carbocycles. The van der Waals surface area contributed by atoms with E-state index in [9.17, 15) is 0 Å². The first kappa shape index (κ1) is 9.09. The molecule has 0 saturated heterocycles. The first-order valence-electron chi connectivity index (χ1n) is 3.84. The molecule has 0 radical (unpaired) electrons. The second-order valence-corrected chi connectivity index (χ2v) is 3.35. The minimum Gasteiger partial charge on any atom is -0.198 e. The Morgan fingerprint density at radius 3 is 2.42 bits per heavy atom. The van der Waals surface area contributed by atoms with Gasteiger partial charge in [-0.05, 0) is 18.1 Å². The van der Waals surface area contributed by atoms with E-state index in [2.05, 4.69) is 6.07 Å². The van der Waals surface area contributed by atoms with Crippen LogP contribution in [-0.2, 0) is 6.42 Å². The molecule has 0 fully saturated rings. The van der Waals surface area contributed by atoms with Gasteiger partial charge in [0.1, 0.15) is 0 Å². The average Bonchev–Trinajstić information content (AvgIpc) is 2.06. The summed E-state index contributed by atoms with van der Waals surface area (Å²) in [6, 6.07) is 9.91. The number of halogens is 1. The molecule has 0 bridgehead atoms. The summed E-state index contributed by atoms with van der Waals surface area (Å²) in [5.41, 5.74) is 2.14. The zero-order valence-corrected chi connectivity index (χ0v) is 7.67. The van der Waals surface area contributed by atoms with Crippen LogP contribution in [0.4, 0.5) is 0 Å². The van der Waals surface area contributed by atoms with Gasteiger partial charge in [0.25, 0.3) is 0 Å². The summed E-state index contributed by atoms with van der Waals surface area (Å²) in [5.74, 6) is 0. The molecule has 0 saturated carbocycles. The molecule has 0 N–H and O–H groups in total. The monoisotopic (exact) mass is 179 g/mol. The van der Waals surface area contributed by atoms with Gasteiger partial charge in [-0.2, -0.15) is 5.26 Å². The van der Waals surface area contributed by atoms with E-state index in [4.69, 9.17) is 16.9 Å². The third-order valence-corrected chi connectivity index (χ3v) is 1.97. The summed E-state index contributed by atoms with van der Waals surface area (Å²) in [7, 11) is 0. The third-order valence-electron chi connectivity index (χ3n) is 1.72. The van der Waals surface area contributed by atoms with Crippen molar-refractivity contribution >= 4 is 11.6 Å². The smallest absolute Gasteiger partial charge is 0.0669 e. The van der Waals surface area contributed by atoms with Gasteiger partial charge < -0.3 is 0 Å². The van der Waals surface area contributed by atoms with E-state index in [0.717, 1.165) is 11.1 Å². The van der Waals surface area contributed by atoms with Crippen LogP contribution in [0.1, 0.15) is 23.4 Å². The molecule has 0 amide bonds. The highest BCUT2D eigenvalue weighted by molar-refractivity contribution is 6.20. The minimum atomic E-state index is 0.0427. The Balaban J connectivity index is 2.80. The number of rotatable bonds is 2. The van der Waals surface area contributed by atoms with Gasteiger partial charge in [-0.25, -0.2) is 0 Å². The lowest BCUT2D eigenvalue weighted by molar-refractivity contribution is 1.08. The molecule has 0 aliphatic rings. The standard InChI is InChI=1S/C10H10ClN/c1-8(11)10-4-2-9(3-5-10)6-7-12/h2-5,8H,6H2,1H3. The molecule has 0 spiro atoms. The maximum absolute atomic E-state index is 8.42. The van der Waals surface area contributed by atoms with Crippen LogP contribution in [0.5, 0.6) is 0 Å². The molecule has 1 nitrogen and oxygen atoms in total. The fraction of sp³-hybridized carbons (Fsp3) is 0.300. The number of nitriles is 1. The van der Waals surface area contributed by atoms with Gasteiger partial charge in [-0.1, -0.05) is 24.3 Å². The quantitative estimate of drug-likeness (QED) is 0.641. The Bertz CT molecular complexity index is 282. The van der Waals surface area contributed by atoms with Crippen molar-refractivity contribution in [1.29, 1.82) is 5.26 Å². The van der Waals surface area contributed by atoms with E-state index in [0.29, 0.717) is 6.42 Å². The van der Waals surface area contributed by atoms with Crippen molar-refractivity contribution in [3.05, 3.63) is 35.4 Å². The SMILES string of the molecule is CC(Cl)c1ccc(CC#N)cc1. The van der Waals surface area contributed by atoms with Gasteiger partial charge in [0.05, 0.1) is 17.9 Å². The van der Waals surface area contributed by atoms with Crippen LogP contribution in [0.15, 0.2) is 24.3 Å². The molecule has 0 heterocycles. The molecular formula is C10H10ClN. The van der Waals surface area contributed by atoms with Crippen LogP contribution in [0, 0.1) is 11.3 Å². The molecule has 62 valence electrons. The molecule has 0 aromatic heterocycles. The molecule has 12 heavy (non-hydrogen) atoms. The summed E-state index contributed by atoms with van der Waals surface area (Å²) in [4.78, 5) is 0. The summed E-state index contributed by atoms with van der Waals surface area (Å²) in [6.45, 7) is 1.93. The van der Waals surface area contributed by atoms with E-state index >= 15 is 0 Å². The van der Waals surface area contributed by atoms with Crippen molar-refractivity contribution in [2.45, 2.75) is 18.7 Å². The summed E-state index contributed by atoms with van der Waals surface area (Å²) in [6.07, 6.45) is 0.469. The highest BCUT2D eigenvalue weighted by Gasteiger charge is 1.99. The van der Waals surface area contributed by atoms with Crippen molar-refractivity contribution in [3.8, 4) is 6.07 Å². The molecule has 0 aliphatic heterocycles. The molecule has 0 aliphatic carbocycles. The van der Waals surface area contributed by atoms with Crippen molar-refractivity contribution in [2.75, 3.05) is 0 Å². The van der Waals surface area contributed by atoms with Gasteiger partial charge in [-0.15, -0.1) is 11.6 Å². The Morgan fingerprint density at radius 1 is 1.42 bits per heavy atom. The number of benzene rings is 1. The maximum atomic E-state index is 8.42. The topological polar surface area (TPSA) is 23.8 Å². The Kier molecular flexibility index (Phi) is 3.13. The van der Waals surface area contributed by atoms with Crippen LogP contribution in [0.3, 0.4) is 0 Å². The molecule has 1 aromatic rings. The average molecular weight is 180 g/mol. The van der Waals surface area contributed by atoms with Crippen LogP contribution >= 0.6 is 11.6 Å². The van der Waals surface area contributed by atoms with Gasteiger partial charge in [0.15, 0.2) is 0 Å². The first-order valence-corrected chi connectivity index (χ1v) is 4.27. The van der Waals surface area contributed by atoms with Crippen molar-refractivity contribution in [1.82, 2.24) is 0 Å². The van der Waals surface area contributed by atoms with Gasteiger partial charge in [-0.3, -0.25) is 0 Å². The highest BCUT2D eigenvalue weighted by Crippen LogP contribution is 2.19. The highest BCUT2D eigenvalue weighted by atomic mass is 35.5. The summed E-state index contributed by atoms with van der Waals surface area (Å²) < 4.78 is 0. The van der Waals surface area contributed by atoms with Crippen LogP contribution in [0.2, 0.25) is 0 Å². The van der Waals surface area contributed by atoms with E-state index in [-0.39, 0.29) is 5.38 Å². The van der Waals surface area contributed by atoms with E-state index in [1.807, 2.05) is 31.2 Å². The van der Waals surface area contributed by atoms with Crippen LogP contribution in [-0.4, -0.2) is 0 Å². The second-order valence-electron chi connectivity index (χ2n) is 2.69. The lowest BCUT2D eigenvalue weighted by Crippen LogP contribution is -1.85. The number of hydrogen-bond donors (Lipinski definition) is 0. The largest absolute Gasteiger partial charge is 0.198 e. The van der Waals surface area contributed by atoms with Gasteiger partial charge >= 0.3 is 0 Å². The second kappa shape index (κ2) is 4.13. The Labute approximate surface area is 77.6 Å². The summed E-state index contributed by atoms with van der Waals surface area (Å²) >= 11 is 5.87. The van der Waals surface area contributed by atoms with Crippen molar-refractivity contribution in [2.24, 2.45) is 0 Å². The summed E-state index contributed by atoms with van der Waals surface area (Å²) in [5, 5.41) is 8.46. The predicted octanol–water partition coefficient (Wildman–Crippen LogP) is 3.05. The third kappa shape index (κ3) is 2.25. The fourth-order valence-corrected chi connectivity index (χ4v) is 1.14. The van der Waals surface area contributed by atoms with E-state index in [1.54, 1.807) is 0 Å². The van der Waals surface area contributed by atoms with Crippen LogP contribution < -0.4 is 0 Å². The molecule has 2 heteroatoms. The Hall–Kier alpha value is -1.00. The molecular weight excluding hydrogens is 170 g/mol. The van der Waals surface area contributed by atoms with Crippen molar-refractivity contribution < 1.29 is 0 Å². The zero-order valence-electron chi connectivity index (χ0n) is 6.92. The zero-order chi connectivity index (χ0) is 8.97. The maximum Gasteiger partial charge on any atom is 0.0669 e. The first-order chi connectivity index (χ1) is 5.74.